The van der Waals surface area contributed by atoms with Gasteiger partial charge in [-0.15, -0.1) is 0 Å². The molecule has 136 valence electrons. The van der Waals surface area contributed by atoms with Gasteiger partial charge in [0.25, 0.3) is 0 Å². The van der Waals surface area contributed by atoms with Crippen LogP contribution in [0, 0.1) is 0 Å². The second-order valence-electron chi connectivity index (χ2n) is 6.57. The number of para-hydroxylation sites is 2. The number of nitrogens with one attached hydrogen (secondary N) is 1. The minimum atomic E-state index is -0.399. The van der Waals surface area contributed by atoms with Crippen molar-refractivity contribution in [2.75, 3.05) is 0 Å². The molecule has 0 spiro atoms. The van der Waals surface area contributed by atoms with Gasteiger partial charge in [0.1, 0.15) is 17.9 Å². The third-order valence-corrected chi connectivity index (χ3v) is 4.81. The molecule has 6 heteroatoms. The van der Waals surface area contributed by atoms with Gasteiger partial charge < -0.3 is 14.5 Å². The molecule has 2 heterocycles. The third kappa shape index (κ3) is 3.21. The number of aryl methyl sites for hydroxylation is 1. The van der Waals surface area contributed by atoms with E-state index in [0.717, 1.165) is 22.4 Å². The highest BCUT2D eigenvalue weighted by Gasteiger charge is 2.24. The number of rotatable bonds is 5. The summed E-state index contributed by atoms with van der Waals surface area (Å²) < 4.78 is 3.82. The molecular formula is C21H21N5O. The maximum atomic E-state index is 13.1. The van der Waals surface area contributed by atoms with E-state index in [2.05, 4.69) is 15.3 Å². The number of benzene rings is 2. The van der Waals surface area contributed by atoms with Crippen molar-refractivity contribution >= 4 is 16.9 Å². The molecule has 1 amide bonds. The Morgan fingerprint density at radius 2 is 1.78 bits per heavy atom. The van der Waals surface area contributed by atoms with Gasteiger partial charge >= 0.3 is 0 Å². The van der Waals surface area contributed by atoms with Gasteiger partial charge in [-0.3, -0.25) is 4.79 Å². The molecule has 6 nitrogen and oxygen atoms in total. The zero-order valence-corrected chi connectivity index (χ0v) is 15.3. The second-order valence-corrected chi connectivity index (χ2v) is 6.57. The van der Waals surface area contributed by atoms with Crippen LogP contribution in [0.2, 0.25) is 0 Å². The molecule has 0 saturated heterocycles. The summed E-state index contributed by atoms with van der Waals surface area (Å²) in [5.41, 5.74) is 2.80. The lowest BCUT2D eigenvalue weighted by molar-refractivity contribution is -0.124. The van der Waals surface area contributed by atoms with Gasteiger partial charge in [-0.1, -0.05) is 42.5 Å². The van der Waals surface area contributed by atoms with Gasteiger partial charge in [0.15, 0.2) is 0 Å². The zero-order valence-electron chi connectivity index (χ0n) is 15.3. The first-order chi connectivity index (χ1) is 13.1. The number of aromatic nitrogens is 4. The third-order valence-electron chi connectivity index (χ3n) is 4.81. The molecule has 4 aromatic rings. The maximum absolute atomic E-state index is 13.1. The highest BCUT2D eigenvalue weighted by atomic mass is 16.2. The summed E-state index contributed by atoms with van der Waals surface area (Å²) >= 11 is 0. The van der Waals surface area contributed by atoms with Gasteiger partial charge in [0.05, 0.1) is 17.4 Å². The molecule has 0 aliphatic rings. The molecule has 0 unspecified atom stereocenters. The number of fused-ring (bicyclic) bond motifs is 1. The fraction of sp³-hybridized carbons (Fsp3) is 0.190. The Balaban J connectivity index is 1.65. The number of imidazole rings is 2. The van der Waals surface area contributed by atoms with Crippen LogP contribution >= 0.6 is 0 Å². The average molecular weight is 359 g/mol. The van der Waals surface area contributed by atoms with E-state index < -0.39 is 6.04 Å². The number of hydrogen-bond donors (Lipinski definition) is 1. The van der Waals surface area contributed by atoms with E-state index in [1.54, 1.807) is 12.5 Å². The van der Waals surface area contributed by atoms with Gasteiger partial charge in [-0.2, -0.15) is 0 Å². The van der Waals surface area contributed by atoms with Crippen LogP contribution in [0.5, 0.6) is 0 Å². The van der Waals surface area contributed by atoms with E-state index >= 15 is 0 Å². The summed E-state index contributed by atoms with van der Waals surface area (Å²) in [6.07, 6.45) is 5.33. The topological polar surface area (TPSA) is 64.7 Å². The Morgan fingerprint density at radius 1 is 1.04 bits per heavy atom. The molecule has 2 aromatic carbocycles. The molecule has 27 heavy (non-hydrogen) atoms. The Hall–Kier alpha value is -3.41. The van der Waals surface area contributed by atoms with Crippen molar-refractivity contribution in [3.05, 3.63) is 84.7 Å². The molecule has 0 aliphatic carbocycles. The molecule has 4 rings (SSSR count). The fourth-order valence-corrected chi connectivity index (χ4v) is 3.27. The molecule has 0 bridgehead atoms. The van der Waals surface area contributed by atoms with Crippen molar-refractivity contribution in [2.45, 2.75) is 19.0 Å². The average Bonchev–Trinajstić information content (AvgIpc) is 3.32. The summed E-state index contributed by atoms with van der Waals surface area (Å²) in [6, 6.07) is 17.0. The lowest BCUT2D eigenvalue weighted by Gasteiger charge is -2.22. The molecule has 2 aromatic heterocycles. The number of nitrogens with zero attached hydrogens (tertiary/aromatic N) is 4. The van der Waals surface area contributed by atoms with Crippen LogP contribution in [0.15, 0.2) is 73.3 Å². The van der Waals surface area contributed by atoms with Crippen molar-refractivity contribution in [1.82, 2.24) is 24.4 Å². The quantitative estimate of drug-likeness (QED) is 0.595. The van der Waals surface area contributed by atoms with Crippen LogP contribution in [0.1, 0.15) is 30.4 Å². The smallest absolute Gasteiger partial charge is 0.243 e. The number of hydrogen-bond acceptors (Lipinski definition) is 3. The summed E-state index contributed by atoms with van der Waals surface area (Å²) in [5.74, 6) is 0.701. The molecule has 0 aliphatic heterocycles. The highest BCUT2D eigenvalue weighted by Crippen LogP contribution is 2.23. The maximum Gasteiger partial charge on any atom is 0.243 e. The normalized spacial score (nSPS) is 13.4. The monoisotopic (exact) mass is 359 g/mol. The number of carbonyl (C=O) groups is 1. The molecular weight excluding hydrogens is 338 g/mol. The van der Waals surface area contributed by atoms with Gasteiger partial charge in [-0.05, 0) is 24.6 Å². The summed E-state index contributed by atoms with van der Waals surface area (Å²) in [7, 11) is 1.93. The molecule has 1 N–H and O–H groups in total. The zero-order chi connectivity index (χ0) is 18.8. The van der Waals surface area contributed by atoms with Crippen LogP contribution in [0.3, 0.4) is 0 Å². The van der Waals surface area contributed by atoms with Crippen molar-refractivity contribution in [2.24, 2.45) is 7.05 Å². The van der Waals surface area contributed by atoms with Gasteiger partial charge in [-0.25, -0.2) is 9.97 Å². The lowest BCUT2D eigenvalue weighted by Crippen LogP contribution is -2.35. The van der Waals surface area contributed by atoms with E-state index in [0.29, 0.717) is 0 Å². The lowest BCUT2D eigenvalue weighted by atomic mass is 10.1. The number of carbonyl (C=O) groups excluding carboxylic acids is 1. The van der Waals surface area contributed by atoms with Gasteiger partial charge in [0, 0.05) is 19.4 Å². The van der Waals surface area contributed by atoms with Crippen LogP contribution in [0.4, 0.5) is 0 Å². The fourth-order valence-electron chi connectivity index (χ4n) is 3.27. The molecule has 2 atom stereocenters. The first-order valence-electron chi connectivity index (χ1n) is 8.89. The first kappa shape index (κ1) is 17.0. The van der Waals surface area contributed by atoms with Crippen LogP contribution in [-0.4, -0.2) is 25.0 Å². The van der Waals surface area contributed by atoms with Crippen LogP contribution in [-0.2, 0) is 11.8 Å². The standard InChI is InChI=1S/C21H21N5O/c1-15(26-14-23-17-10-6-7-11-18(17)26)21(27)24-19(16-8-4-3-5-9-16)20-22-12-13-25(20)2/h3-15,19H,1-2H3,(H,24,27)/t15-,19-/m0/s1. The molecule has 0 saturated carbocycles. The predicted octanol–water partition coefficient (Wildman–Crippen LogP) is 3.24. The first-order valence-corrected chi connectivity index (χ1v) is 8.89. The van der Waals surface area contributed by atoms with Crippen LogP contribution < -0.4 is 5.32 Å². The molecule has 0 fully saturated rings. The number of amides is 1. The van der Waals surface area contributed by atoms with Gasteiger partial charge in [0.2, 0.25) is 5.91 Å². The Labute approximate surface area is 157 Å². The largest absolute Gasteiger partial charge is 0.340 e. The van der Waals surface area contributed by atoms with Crippen molar-refractivity contribution < 1.29 is 4.79 Å². The molecule has 0 radical (unpaired) electrons. The SMILES string of the molecule is C[C@@H](C(=O)N[C@@H](c1ccccc1)c1nccn1C)n1cnc2ccccc21. The van der Waals surface area contributed by atoms with Crippen molar-refractivity contribution in [3.8, 4) is 0 Å². The van der Waals surface area contributed by atoms with Crippen molar-refractivity contribution in [1.29, 1.82) is 0 Å². The second kappa shape index (κ2) is 7.07. The highest BCUT2D eigenvalue weighted by molar-refractivity contribution is 5.84. The van der Waals surface area contributed by atoms with E-state index in [9.17, 15) is 4.79 Å². The van der Waals surface area contributed by atoms with E-state index in [1.807, 2.05) is 83.9 Å². The summed E-state index contributed by atoms with van der Waals surface area (Å²) in [5, 5.41) is 3.16. The summed E-state index contributed by atoms with van der Waals surface area (Å²) in [6.45, 7) is 1.88. The minimum Gasteiger partial charge on any atom is -0.340 e. The van der Waals surface area contributed by atoms with E-state index in [-0.39, 0.29) is 11.9 Å². The minimum absolute atomic E-state index is 0.0880. The Bertz CT molecular complexity index is 1070. The Morgan fingerprint density at radius 3 is 2.52 bits per heavy atom. The van der Waals surface area contributed by atoms with Crippen molar-refractivity contribution in [3.63, 3.8) is 0 Å². The van der Waals surface area contributed by atoms with E-state index in [1.165, 1.54) is 0 Å². The van der Waals surface area contributed by atoms with Crippen LogP contribution in [0.25, 0.3) is 11.0 Å². The van der Waals surface area contributed by atoms with E-state index in [4.69, 9.17) is 0 Å². The predicted molar refractivity (Wildman–Crippen MR) is 104 cm³/mol. The Kier molecular flexibility index (Phi) is 4.46. The summed E-state index contributed by atoms with van der Waals surface area (Å²) in [4.78, 5) is 21.9.